The molecule has 0 radical (unpaired) electrons. The maximum absolute atomic E-state index is 13.1. The zero-order valence-electron chi connectivity index (χ0n) is 11.6. The van der Waals surface area contributed by atoms with Crippen LogP contribution in [0.5, 0.6) is 0 Å². The number of carbonyl (C=O) groups is 1. The zero-order valence-corrected chi connectivity index (χ0v) is 12.4. The predicted octanol–water partition coefficient (Wildman–Crippen LogP) is 2.81. The van der Waals surface area contributed by atoms with Crippen molar-refractivity contribution in [2.24, 2.45) is 11.8 Å². The molecule has 1 aromatic carbocycles. The second kappa shape index (κ2) is 6.78. The topological polar surface area (TPSA) is 60.4 Å². The van der Waals surface area contributed by atoms with E-state index in [1.807, 2.05) is 0 Å². The number of benzene rings is 1. The van der Waals surface area contributed by atoms with E-state index in [1.165, 1.54) is 0 Å². The summed E-state index contributed by atoms with van der Waals surface area (Å²) in [5, 5.41) is 0. The molecule has 1 fully saturated rings. The molecule has 0 aromatic heterocycles. The summed E-state index contributed by atoms with van der Waals surface area (Å²) in [6.07, 6.45) is 3.50. The summed E-state index contributed by atoms with van der Waals surface area (Å²) in [7, 11) is -4.36. The van der Waals surface area contributed by atoms with Gasteiger partial charge in [-0.05, 0) is 43.7 Å². The molecule has 0 N–H and O–H groups in total. The molecule has 0 atom stereocenters. The molecule has 22 heavy (non-hydrogen) atoms. The van der Waals surface area contributed by atoms with Gasteiger partial charge in [0, 0.05) is 5.92 Å². The molecular weight excluding hydrogens is 321 g/mol. The van der Waals surface area contributed by atoms with Gasteiger partial charge in [0.05, 0.1) is 6.61 Å². The average molecular weight is 336 g/mol. The fourth-order valence-corrected chi connectivity index (χ4v) is 3.42. The van der Waals surface area contributed by atoms with Crippen LogP contribution in [0.4, 0.5) is 13.2 Å². The highest BCUT2D eigenvalue weighted by Crippen LogP contribution is 2.29. The first-order valence-electron chi connectivity index (χ1n) is 6.82. The maximum Gasteiger partial charge on any atom is 0.297 e. The lowest BCUT2D eigenvalue weighted by molar-refractivity contribution is -0.112. The molecule has 4 nitrogen and oxygen atoms in total. The van der Waals surface area contributed by atoms with Crippen molar-refractivity contribution in [3.63, 3.8) is 0 Å². The lowest BCUT2D eigenvalue weighted by Gasteiger charge is -2.24. The minimum Gasteiger partial charge on any atom is -0.303 e. The summed E-state index contributed by atoms with van der Waals surface area (Å²) in [5.41, 5.74) is 0. The average Bonchev–Trinajstić information content (AvgIpc) is 2.50. The Balaban J connectivity index is 2.01. The molecule has 1 saturated carbocycles. The fraction of sp³-hybridized carbons (Fsp3) is 0.500. The van der Waals surface area contributed by atoms with Gasteiger partial charge in [-0.1, -0.05) is 0 Å². The lowest BCUT2D eigenvalue weighted by Crippen LogP contribution is -2.21. The molecule has 0 heterocycles. The van der Waals surface area contributed by atoms with Crippen LogP contribution in [0.1, 0.15) is 25.7 Å². The van der Waals surface area contributed by atoms with Crippen molar-refractivity contribution < 1.29 is 30.6 Å². The highest BCUT2D eigenvalue weighted by Gasteiger charge is 2.25. The highest BCUT2D eigenvalue weighted by atomic mass is 32.2. The van der Waals surface area contributed by atoms with Crippen LogP contribution >= 0.6 is 0 Å². The van der Waals surface area contributed by atoms with E-state index >= 15 is 0 Å². The van der Waals surface area contributed by atoms with Crippen molar-refractivity contribution in [1.29, 1.82) is 0 Å². The molecule has 2 rings (SSSR count). The normalized spacial score (nSPS) is 22.5. The van der Waals surface area contributed by atoms with Crippen LogP contribution < -0.4 is 0 Å². The predicted molar refractivity (Wildman–Crippen MR) is 71.0 cm³/mol. The minimum atomic E-state index is -4.36. The first-order chi connectivity index (χ1) is 10.3. The van der Waals surface area contributed by atoms with Gasteiger partial charge in [0.15, 0.2) is 17.5 Å². The SMILES string of the molecule is O=CC1CCC(COS(=O)(=O)c2cc(F)c(F)c(F)c2)CC1. The van der Waals surface area contributed by atoms with Crippen molar-refractivity contribution in [2.75, 3.05) is 6.61 Å². The second-order valence-electron chi connectivity index (χ2n) is 5.36. The van der Waals surface area contributed by atoms with Crippen molar-refractivity contribution in [2.45, 2.75) is 30.6 Å². The quantitative estimate of drug-likeness (QED) is 0.471. The van der Waals surface area contributed by atoms with Gasteiger partial charge in [-0.25, -0.2) is 13.2 Å². The smallest absolute Gasteiger partial charge is 0.297 e. The van der Waals surface area contributed by atoms with Crippen LogP contribution in [0, 0.1) is 29.3 Å². The molecule has 0 amide bonds. The van der Waals surface area contributed by atoms with Crippen molar-refractivity contribution in [1.82, 2.24) is 0 Å². The van der Waals surface area contributed by atoms with E-state index in [0.29, 0.717) is 37.8 Å². The number of rotatable bonds is 5. The summed E-state index contributed by atoms with van der Waals surface area (Å²) in [6, 6.07) is 0.772. The van der Waals surface area contributed by atoms with Crippen molar-refractivity contribution >= 4 is 16.4 Å². The van der Waals surface area contributed by atoms with Crippen LogP contribution in [0.2, 0.25) is 0 Å². The van der Waals surface area contributed by atoms with E-state index in [-0.39, 0.29) is 18.4 Å². The Morgan fingerprint density at radius 1 is 1.09 bits per heavy atom. The van der Waals surface area contributed by atoms with E-state index in [2.05, 4.69) is 0 Å². The van der Waals surface area contributed by atoms with E-state index in [1.54, 1.807) is 0 Å². The zero-order chi connectivity index (χ0) is 16.3. The summed E-state index contributed by atoms with van der Waals surface area (Å²) < 4.78 is 67.5. The lowest BCUT2D eigenvalue weighted by atomic mass is 9.83. The third-order valence-electron chi connectivity index (χ3n) is 3.79. The summed E-state index contributed by atoms with van der Waals surface area (Å²) in [5.74, 6) is -4.96. The van der Waals surface area contributed by atoms with Crippen LogP contribution in [-0.4, -0.2) is 21.3 Å². The fourth-order valence-electron chi connectivity index (χ4n) is 2.42. The Morgan fingerprint density at radius 3 is 2.14 bits per heavy atom. The van der Waals surface area contributed by atoms with Crippen LogP contribution in [0.3, 0.4) is 0 Å². The third kappa shape index (κ3) is 3.86. The molecule has 8 heteroatoms. The molecule has 0 unspecified atom stereocenters. The van der Waals surface area contributed by atoms with Gasteiger partial charge in [-0.3, -0.25) is 4.18 Å². The first-order valence-corrected chi connectivity index (χ1v) is 8.23. The number of hydrogen-bond acceptors (Lipinski definition) is 4. The maximum atomic E-state index is 13.1. The van der Waals surface area contributed by atoms with Gasteiger partial charge in [0.2, 0.25) is 0 Å². The molecule has 0 bridgehead atoms. The summed E-state index contributed by atoms with van der Waals surface area (Å²) in [4.78, 5) is 9.87. The van der Waals surface area contributed by atoms with Gasteiger partial charge in [0.25, 0.3) is 10.1 Å². The monoisotopic (exact) mass is 336 g/mol. The van der Waals surface area contributed by atoms with Crippen LogP contribution in [-0.2, 0) is 19.1 Å². The largest absolute Gasteiger partial charge is 0.303 e. The molecule has 1 aliphatic carbocycles. The van der Waals surface area contributed by atoms with Crippen molar-refractivity contribution in [3.8, 4) is 0 Å². The highest BCUT2D eigenvalue weighted by molar-refractivity contribution is 7.86. The van der Waals surface area contributed by atoms with Crippen LogP contribution in [0.15, 0.2) is 17.0 Å². The van der Waals surface area contributed by atoms with Gasteiger partial charge in [-0.2, -0.15) is 8.42 Å². The molecule has 0 spiro atoms. The molecule has 122 valence electrons. The molecule has 0 aliphatic heterocycles. The van der Waals surface area contributed by atoms with E-state index in [0.717, 1.165) is 6.29 Å². The standard InChI is InChI=1S/C14H15F3O4S/c15-12-5-11(6-13(16)14(12)17)22(19,20)21-8-10-3-1-9(7-18)2-4-10/h5-7,9-10H,1-4,8H2. The number of aldehydes is 1. The molecule has 0 saturated heterocycles. The summed E-state index contributed by atoms with van der Waals surface area (Å²) in [6.45, 7) is -0.130. The van der Waals surface area contributed by atoms with Gasteiger partial charge >= 0.3 is 0 Å². The second-order valence-corrected chi connectivity index (χ2v) is 6.97. The Bertz CT molecular complexity index is 629. The van der Waals surface area contributed by atoms with Gasteiger partial charge in [-0.15, -0.1) is 0 Å². The Labute approximate surface area is 126 Å². The first kappa shape index (κ1) is 17.0. The van der Waals surface area contributed by atoms with E-state index < -0.39 is 32.5 Å². The number of carbonyl (C=O) groups excluding carboxylic acids is 1. The Morgan fingerprint density at radius 2 is 1.64 bits per heavy atom. The Hall–Kier alpha value is -1.41. The van der Waals surface area contributed by atoms with E-state index in [9.17, 15) is 26.4 Å². The molecular formula is C14H15F3O4S. The third-order valence-corrected chi connectivity index (χ3v) is 5.05. The molecule has 1 aliphatic rings. The van der Waals surface area contributed by atoms with Crippen molar-refractivity contribution in [3.05, 3.63) is 29.6 Å². The number of halogens is 3. The minimum absolute atomic E-state index is 0.00634. The number of hydrogen-bond donors (Lipinski definition) is 0. The van der Waals surface area contributed by atoms with Gasteiger partial charge in [0.1, 0.15) is 11.2 Å². The Kier molecular flexibility index (Phi) is 5.23. The van der Waals surface area contributed by atoms with Crippen LogP contribution in [0.25, 0.3) is 0 Å². The summed E-state index contributed by atoms with van der Waals surface area (Å²) >= 11 is 0. The van der Waals surface area contributed by atoms with E-state index in [4.69, 9.17) is 4.18 Å². The molecule has 1 aromatic rings. The van der Waals surface area contributed by atoms with Gasteiger partial charge < -0.3 is 4.79 Å².